The summed E-state index contributed by atoms with van der Waals surface area (Å²) in [6.45, 7) is 4.96. The quantitative estimate of drug-likeness (QED) is 0.384. The van der Waals surface area contributed by atoms with E-state index in [4.69, 9.17) is 4.74 Å². The van der Waals surface area contributed by atoms with Crippen molar-refractivity contribution < 1.29 is 4.74 Å². The Labute approximate surface area is 166 Å². The average molecular weight is 363 g/mol. The van der Waals surface area contributed by atoms with Gasteiger partial charge in [0.1, 0.15) is 5.75 Å². The fraction of sp³-hybridized carbons (Fsp3) is 0.538. The lowest BCUT2D eigenvalue weighted by molar-refractivity contribution is 0.294. The molecule has 0 aliphatic heterocycles. The first-order valence-corrected chi connectivity index (χ1v) is 10.7. The molecule has 0 unspecified atom stereocenters. The van der Waals surface area contributed by atoms with Gasteiger partial charge < -0.3 is 4.74 Å². The molecule has 1 nitrogen and oxygen atoms in total. The summed E-state index contributed by atoms with van der Waals surface area (Å²) in [4.78, 5) is 0. The molecule has 1 aromatic rings. The molecule has 0 saturated heterocycles. The van der Waals surface area contributed by atoms with Crippen molar-refractivity contribution in [1.82, 2.24) is 0 Å². The number of ether oxygens (including phenoxy) is 1. The van der Waals surface area contributed by atoms with Crippen LogP contribution in [0.25, 0.3) is 0 Å². The van der Waals surface area contributed by atoms with Gasteiger partial charge in [-0.3, -0.25) is 0 Å². The average Bonchev–Trinajstić information content (AvgIpc) is 2.70. The third kappa shape index (κ3) is 8.88. The molecule has 27 heavy (non-hydrogen) atoms. The summed E-state index contributed by atoms with van der Waals surface area (Å²) >= 11 is 0. The van der Waals surface area contributed by atoms with Crippen LogP contribution in [0.3, 0.4) is 0 Å². The van der Waals surface area contributed by atoms with Gasteiger partial charge in [0.2, 0.25) is 0 Å². The minimum atomic E-state index is 0.584. The topological polar surface area (TPSA) is 9.23 Å². The Hall–Kier alpha value is -2.12. The van der Waals surface area contributed by atoms with Crippen LogP contribution in [0.5, 0.6) is 5.75 Å². The number of benzene rings is 1. The minimum Gasteiger partial charge on any atom is -0.494 e. The maximum atomic E-state index is 5.43. The van der Waals surface area contributed by atoms with E-state index in [-0.39, 0.29) is 0 Å². The van der Waals surface area contributed by atoms with Crippen LogP contribution in [0.15, 0.2) is 36.4 Å². The summed E-state index contributed by atoms with van der Waals surface area (Å²) < 4.78 is 5.43. The van der Waals surface area contributed by atoms with Crippen LogP contribution in [-0.2, 0) is 0 Å². The molecule has 0 spiro atoms. The zero-order valence-corrected chi connectivity index (χ0v) is 17.1. The van der Waals surface area contributed by atoms with E-state index in [0.29, 0.717) is 12.5 Å². The lowest BCUT2D eigenvalue weighted by Gasteiger charge is -2.25. The van der Waals surface area contributed by atoms with Crippen molar-refractivity contribution in [1.29, 1.82) is 0 Å². The van der Waals surface area contributed by atoms with Crippen molar-refractivity contribution in [2.24, 2.45) is 11.8 Å². The van der Waals surface area contributed by atoms with Crippen LogP contribution in [-0.4, -0.2) is 6.61 Å². The highest BCUT2D eigenvalue weighted by Gasteiger charge is 2.19. The van der Waals surface area contributed by atoms with Crippen LogP contribution in [0.2, 0.25) is 0 Å². The molecule has 1 fully saturated rings. The van der Waals surface area contributed by atoms with Gasteiger partial charge in [0.25, 0.3) is 0 Å². The molecular weight excluding hydrogens is 328 g/mol. The maximum Gasteiger partial charge on any atom is 0.119 e. The maximum absolute atomic E-state index is 5.43. The van der Waals surface area contributed by atoms with Gasteiger partial charge in [-0.25, -0.2) is 0 Å². The van der Waals surface area contributed by atoms with Crippen LogP contribution in [0, 0.1) is 35.5 Å². The van der Waals surface area contributed by atoms with E-state index in [1.807, 2.05) is 43.3 Å². The van der Waals surface area contributed by atoms with Gasteiger partial charge in [0.05, 0.1) is 6.61 Å². The van der Waals surface area contributed by atoms with Gasteiger partial charge in [0.15, 0.2) is 0 Å². The van der Waals surface area contributed by atoms with Gasteiger partial charge in [-0.05, 0) is 74.9 Å². The predicted molar refractivity (Wildman–Crippen MR) is 116 cm³/mol. The molecule has 0 atom stereocenters. The van der Waals surface area contributed by atoms with Crippen LogP contribution < -0.4 is 4.74 Å². The summed E-state index contributed by atoms with van der Waals surface area (Å²) in [5, 5.41) is 0. The summed E-state index contributed by atoms with van der Waals surface area (Å²) in [6, 6.07) is 7.88. The van der Waals surface area contributed by atoms with E-state index >= 15 is 0 Å². The molecule has 0 heterocycles. The van der Waals surface area contributed by atoms with Gasteiger partial charge >= 0.3 is 0 Å². The zero-order chi connectivity index (χ0) is 19.2. The second-order valence-corrected chi connectivity index (χ2v) is 7.42. The number of hydrogen-bond acceptors (Lipinski definition) is 1. The highest BCUT2D eigenvalue weighted by molar-refractivity contribution is 5.40. The second kappa shape index (κ2) is 13.1. The van der Waals surface area contributed by atoms with Crippen molar-refractivity contribution >= 4 is 0 Å². The predicted octanol–water partition coefficient (Wildman–Crippen LogP) is 6.77. The Morgan fingerprint density at radius 1 is 0.926 bits per heavy atom. The minimum absolute atomic E-state index is 0.584. The molecule has 0 amide bonds. The van der Waals surface area contributed by atoms with E-state index in [9.17, 15) is 0 Å². The van der Waals surface area contributed by atoms with Gasteiger partial charge in [-0.1, -0.05) is 62.7 Å². The van der Waals surface area contributed by atoms with Crippen molar-refractivity contribution in [2.75, 3.05) is 6.61 Å². The summed E-state index contributed by atoms with van der Waals surface area (Å²) in [5.74, 6) is 15.2. The molecule has 1 aliphatic carbocycles. The van der Waals surface area contributed by atoms with E-state index in [1.54, 1.807) is 0 Å². The van der Waals surface area contributed by atoms with Gasteiger partial charge in [-0.2, -0.15) is 0 Å². The van der Waals surface area contributed by atoms with E-state index in [0.717, 1.165) is 17.2 Å². The Bertz CT molecular complexity index is 667. The monoisotopic (exact) mass is 362 g/mol. The normalized spacial score (nSPS) is 19.0. The molecule has 2 rings (SSSR count). The highest BCUT2D eigenvalue weighted by Crippen LogP contribution is 2.31. The van der Waals surface area contributed by atoms with Gasteiger partial charge in [0, 0.05) is 11.5 Å². The number of hydrogen-bond donors (Lipinski definition) is 0. The van der Waals surface area contributed by atoms with Crippen LogP contribution in [0.1, 0.15) is 77.2 Å². The Morgan fingerprint density at radius 2 is 1.67 bits per heavy atom. The molecule has 144 valence electrons. The lowest BCUT2D eigenvalue weighted by atomic mass is 9.80. The molecule has 0 aromatic heterocycles. The number of allylic oxidation sites excluding steroid dienone is 2. The van der Waals surface area contributed by atoms with E-state index in [2.05, 4.69) is 30.6 Å². The Kier molecular flexibility index (Phi) is 10.3. The molecule has 0 N–H and O–H groups in total. The molecule has 1 heteroatoms. The molecular formula is C26H34O. The zero-order valence-electron chi connectivity index (χ0n) is 17.1. The highest BCUT2D eigenvalue weighted by atomic mass is 16.5. The molecule has 0 bridgehead atoms. The van der Waals surface area contributed by atoms with Crippen molar-refractivity contribution in [3.05, 3.63) is 42.0 Å². The fourth-order valence-corrected chi connectivity index (χ4v) is 3.63. The summed E-state index contributed by atoms with van der Waals surface area (Å²) in [7, 11) is 0. The number of rotatable bonds is 7. The third-order valence-corrected chi connectivity index (χ3v) is 5.23. The molecule has 1 saturated carbocycles. The summed E-state index contributed by atoms with van der Waals surface area (Å²) in [6.07, 6.45) is 16.0. The van der Waals surface area contributed by atoms with Crippen LogP contribution in [0.4, 0.5) is 0 Å². The van der Waals surface area contributed by atoms with Crippen molar-refractivity contribution in [3.63, 3.8) is 0 Å². The second-order valence-electron chi connectivity index (χ2n) is 7.42. The van der Waals surface area contributed by atoms with Crippen molar-refractivity contribution in [3.8, 4) is 29.4 Å². The number of unbranched alkanes of at least 4 members (excludes halogenated alkanes) is 3. The smallest absolute Gasteiger partial charge is 0.119 e. The van der Waals surface area contributed by atoms with Gasteiger partial charge in [-0.15, -0.1) is 0 Å². The summed E-state index contributed by atoms with van der Waals surface area (Å²) in [5.41, 5.74) is 0.994. The first kappa shape index (κ1) is 21.2. The lowest BCUT2D eigenvalue weighted by Crippen LogP contribution is -2.13. The Balaban J connectivity index is 1.67. The van der Waals surface area contributed by atoms with Crippen LogP contribution >= 0.6 is 0 Å². The van der Waals surface area contributed by atoms with E-state index < -0.39 is 0 Å². The molecule has 0 radical (unpaired) electrons. The first-order chi connectivity index (χ1) is 13.3. The third-order valence-electron chi connectivity index (χ3n) is 5.23. The first-order valence-electron chi connectivity index (χ1n) is 10.7. The van der Waals surface area contributed by atoms with E-state index in [1.165, 1.54) is 57.8 Å². The fourth-order valence-electron chi connectivity index (χ4n) is 3.63. The largest absolute Gasteiger partial charge is 0.494 e. The van der Waals surface area contributed by atoms with Crippen molar-refractivity contribution in [2.45, 2.75) is 71.6 Å². The molecule has 1 aliphatic rings. The Morgan fingerprint density at radius 3 is 2.37 bits per heavy atom. The molecule has 1 aromatic carbocycles. The SMILES string of the molecule is CCCCCC[C@H]1CC[C@H](C#C/C=C/C#Cc2ccc(OCC)cc2)CC1. The standard InChI is InChI=1S/C26H34O/c1-3-5-6-9-12-23-15-17-24(18-16-23)13-10-7-8-11-14-25-19-21-26(22-20-25)27-4-2/h7-8,19-24H,3-6,9,12,15-18H2,1-2H3/b8-7+/t23-,24-.